The van der Waals surface area contributed by atoms with Crippen molar-refractivity contribution in [2.24, 2.45) is 0 Å². The number of anilines is 1. The van der Waals surface area contributed by atoms with Crippen LogP contribution in [0.5, 0.6) is 0 Å². The first kappa shape index (κ1) is 14.0. The van der Waals surface area contributed by atoms with E-state index < -0.39 is 12.0 Å². The second-order valence-electron chi connectivity index (χ2n) is 4.69. The molecule has 1 fully saturated rings. The summed E-state index contributed by atoms with van der Waals surface area (Å²) in [7, 11) is 1.59. The number of rotatable bonds is 3. The van der Waals surface area contributed by atoms with Gasteiger partial charge in [0.05, 0.1) is 12.1 Å². The molecule has 1 saturated heterocycles. The maximum atomic E-state index is 12.8. The fourth-order valence-corrected chi connectivity index (χ4v) is 2.28. The zero-order valence-electron chi connectivity index (χ0n) is 11.1. The number of nitrogens with one attached hydrogen (secondary N) is 2. The lowest BCUT2D eigenvalue weighted by molar-refractivity contribution is -0.146. The van der Waals surface area contributed by atoms with Gasteiger partial charge in [0.25, 0.3) is 5.82 Å². The largest absolute Gasteiger partial charge is 0.453 e. The zero-order valence-corrected chi connectivity index (χ0v) is 11.1. The fourth-order valence-electron chi connectivity index (χ4n) is 2.28. The van der Waals surface area contributed by atoms with Gasteiger partial charge < -0.3 is 15.4 Å². The fraction of sp³-hybridized carbons (Fsp3) is 0.545. The molecule has 0 aliphatic carbocycles. The first-order valence-corrected chi connectivity index (χ1v) is 6.29. The predicted octanol–water partition coefficient (Wildman–Crippen LogP) is 0.542. The van der Waals surface area contributed by atoms with E-state index in [-0.39, 0.29) is 17.8 Å². The molecule has 21 heavy (non-hydrogen) atoms. The Labute approximate surface area is 117 Å². The lowest BCUT2D eigenvalue weighted by atomic mass is 10.2. The molecule has 10 heteroatoms. The van der Waals surface area contributed by atoms with Crippen molar-refractivity contribution in [3.05, 3.63) is 18.0 Å². The lowest BCUT2D eigenvalue weighted by Crippen LogP contribution is -2.34. The Morgan fingerprint density at radius 3 is 2.86 bits per heavy atom. The predicted molar refractivity (Wildman–Crippen MR) is 66.9 cm³/mol. The number of fused-ring (bicyclic) bond motifs is 1. The second kappa shape index (κ2) is 5.11. The van der Waals surface area contributed by atoms with Crippen molar-refractivity contribution in [1.29, 1.82) is 0 Å². The minimum Gasteiger partial charge on any atom is -0.378 e. The highest BCUT2D eigenvalue weighted by molar-refractivity contribution is 5.45. The van der Waals surface area contributed by atoms with Crippen molar-refractivity contribution in [2.45, 2.75) is 18.3 Å². The van der Waals surface area contributed by atoms with Crippen LogP contribution in [0, 0.1) is 0 Å². The summed E-state index contributed by atoms with van der Waals surface area (Å²) in [5, 5.41) is 16.7. The van der Waals surface area contributed by atoms with E-state index in [2.05, 4.69) is 25.9 Å². The number of alkyl halides is 3. The van der Waals surface area contributed by atoms with E-state index in [1.54, 1.807) is 13.2 Å². The molecule has 1 aliphatic heterocycles. The van der Waals surface area contributed by atoms with Crippen LogP contribution in [-0.2, 0) is 10.9 Å². The SMILES string of the molecule is CO[C@H]1CNCC1Nc1ccc2nnc(C(F)(F)F)n2n1. The van der Waals surface area contributed by atoms with E-state index in [0.29, 0.717) is 23.4 Å². The molecule has 1 aliphatic rings. The van der Waals surface area contributed by atoms with Gasteiger partial charge in [-0.1, -0.05) is 0 Å². The summed E-state index contributed by atoms with van der Waals surface area (Å²) in [5.74, 6) is -0.836. The molecular formula is C11H13F3N6O. The lowest BCUT2D eigenvalue weighted by Gasteiger charge is -2.19. The van der Waals surface area contributed by atoms with E-state index in [0.717, 1.165) is 0 Å². The van der Waals surface area contributed by atoms with Gasteiger partial charge in [-0.3, -0.25) is 0 Å². The summed E-state index contributed by atoms with van der Waals surface area (Å²) in [6, 6.07) is 2.93. The summed E-state index contributed by atoms with van der Waals surface area (Å²) < 4.78 is 44.3. The maximum absolute atomic E-state index is 12.8. The number of methoxy groups -OCH3 is 1. The first-order valence-electron chi connectivity index (χ1n) is 6.29. The van der Waals surface area contributed by atoms with Gasteiger partial charge in [0.1, 0.15) is 5.82 Å². The van der Waals surface area contributed by atoms with Crippen molar-refractivity contribution in [3.8, 4) is 0 Å². The van der Waals surface area contributed by atoms with E-state index in [1.807, 2.05) is 0 Å². The Balaban J connectivity index is 1.90. The quantitative estimate of drug-likeness (QED) is 0.862. The van der Waals surface area contributed by atoms with Gasteiger partial charge in [0.15, 0.2) is 5.65 Å². The Morgan fingerprint density at radius 1 is 1.33 bits per heavy atom. The van der Waals surface area contributed by atoms with Crippen LogP contribution < -0.4 is 10.6 Å². The summed E-state index contributed by atoms with van der Waals surface area (Å²) in [4.78, 5) is 0. The number of aromatic nitrogens is 4. The van der Waals surface area contributed by atoms with Crippen molar-refractivity contribution in [2.75, 3.05) is 25.5 Å². The smallest absolute Gasteiger partial charge is 0.378 e. The standard InChI is InChI=1S/C11H13F3N6O/c1-21-7-5-15-4-6(7)16-8-2-3-9-17-18-10(11(12,13)14)20(9)19-8/h2-3,6-7,15H,4-5H2,1H3,(H,16,19)/t6?,7-/m0/s1. The molecule has 0 saturated carbocycles. The van der Waals surface area contributed by atoms with Gasteiger partial charge in [0.2, 0.25) is 0 Å². The molecular weight excluding hydrogens is 289 g/mol. The Kier molecular flexibility index (Phi) is 3.41. The third-order valence-electron chi connectivity index (χ3n) is 3.31. The van der Waals surface area contributed by atoms with Gasteiger partial charge >= 0.3 is 6.18 Å². The molecule has 1 unspecified atom stereocenters. The molecule has 2 aromatic heterocycles. The van der Waals surface area contributed by atoms with Crippen molar-refractivity contribution in [1.82, 2.24) is 25.1 Å². The number of nitrogens with zero attached hydrogens (tertiary/aromatic N) is 4. The molecule has 3 rings (SSSR count). The van der Waals surface area contributed by atoms with Crippen LogP contribution in [0.3, 0.4) is 0 Å². The van der Waals surface area contributed by atoms with Gasteiger partial charge in [-0.15, -0.1) is 15.3 Å². The number of hydrogen-bond acceptors (Lipinski definition) is 6. The highest BCUT2D eigenvalue weighted by Gasteiger charge is 2.37. The third-order valence-corrected chi connectivity index (χ3v) is 3.31. The first-order chi connectivity index (χ1) is 9.99. The molecule has 0 radical (unpaired) electrons. The topological polar surface area (TPSA) is 76.4 Å². The van der Waals surface area contributed by atoms with Gasteiger partial charge in [0, 0.05) is 20.2 Å². The van der Waals surface area contributed by atoms with Crippen LogP contribution in [0.1, 0.15) is 5.82 Å². The Bertz CT molecular complexity index is 642. The second-order valence-corrected chi connectivity index (χ2v) is 4.69. The van der Waals surface area contributed by atoms with Crippen LogP contribution in [0.15, 0.2) is 12.1 Å². The maximum Gasteiger partial charge on any atom is 0.453 e. The van der Waals surface area contributed by atoms with Crippen LogP contribution in [-0.4, -0.2) is 52.2 Å². The van der Waals surface area contributed by atoms with Crippen LogP contribution in [0.25, 0.3) is 5.65 Å². The van der Waals surface area contributed by atoms with E-state index in [1.165, 1.54) is 6.07 Å². The molecule has 0 bridgehead atoms. The van der Waals surface area contributed by atoms with Crippen LogP contribution >= 0.6 is 0 Å². The molecule has 0 amide bonds. The Morgan fingerprint density at radius 2 is 2.14 bits per heavy atom. The molecule has 114 valence electrons. The number of halogens is 3. The van der Waals surface area contributed by atoms with Gasteiger partial charge in [-0.2, -0.15) is 17.7 Å². The molecule has 0 spiro atoms. The zero-order chi connectivity index (χ0) is 15.0. The minimum absolute atomic E-state index is 0.0423. The van der Waals surface area contributed by atoms with Crippen LogP contribution in [0.4, 0.5) is 19.0 Å². The molecule has 2 atom stereocenters. The number of ether oxygens (including phenoxy) is 1. The van der Waals surface area contributed by atoms with Crippen molar-refractivity contribution in [3.63, 3.8) is 0 Å². The van der Waals surface area contributed by atoms with E-state index in [4.69, 9.17) is 4.74 Å². The summed E-state index contributed by atoms with van der Waals surface area (Å²) in [6.07, 6.45) is -4.67. The highest BCUT2D eigenvalue weighted by atomic mass is 19.4. The average molecular weight is 302 g/mol. The van der Waals surface area contributed by atoms with Crippen LogP contribution in [0.2, 0.25) is 0 Å². The molecule has 3 heterocycles. The monoisotopic (exact) mass is 302 g/mol. The van der Waals surface area contributed by atoms with Crippen molar-refractivity contribution >= 4 is 11.5 Å². The summed E-state index contributed by atoms with van der Waals surface area (Å²) in [5.41, 5.74) is 0.0423. The van der Waals surface area contributed by atoms with E-state index in [9.17, 15) is 13.2 Å². The number of hydrogen-bond donors (Lipinski definition) is 2. The van der Waals surface area contributed by atoms with E-state index >= 15 is 0 Å². The molecule has 2 N–H and O–H groups in total. The molecule has 7 nitrogen and oxygen atoms in total. The summed E-state index contributed by atoms with van der Waals surface area (Å²) in [6.45, 7) is 1.32. The minimum atomic E-state index is -4.60. The van der Waals surface area contributed by atoms with Crippen molar-refractivity contribution < 1.29 is 17.9 Å². The Hall–Kier alpha value is -1.94. The third kappa shape index (κ3) is 2.63. The molecule has 2 aromatic rings. The average Bonchev–Trinajstić information content (AvgIpc) is 3.03. The van der Waals surface area contributed by atoms with Gasteiger partial charge in [-0.05, 0) is 12.1 Å². The van der Waals surface area contributed by atoms with Gasteiger partial charge in [-0.25, -0.2) is 0 Å². The molecule has 0 aromatic carbocycles. The highest BCUT2D eigenvalue weighted by Crippen LogP contribution is 2.27. The normalized spacial score (nSPS) is 22.9. The summed E-state index contributed by atoms with van der Waals surface area (Å²) >= 11 is 0.